The third-order valence-electron chi connectivity index (χ3n) is 2.80. The predicted molar refractivity (Wildman–Crippen MR) is 85.3 cm³/mol. The van der Waals surface area contributed by atoms with Crippen molar-refractivity contribution in [2.75, 3.05) is 0 Å². The summed E-state index contributed by atoms with van der Waals surface area (Å²) in [4.78, 5) is 22.0. The third-order valence-corrected chi connectivity index (χ3v) is 3.33. The summed E-state index contributed by atoms with van der Waals surface area (Å²) in [5.41, 5.74) is -0.0953. The van der Waals surface area contributed by atoms with Crippen molar-refractivity contribution in [1.82, 2.24) is 0 Å². The first-order chi connectivity index (χ1) is 10.9. The molecule has 2 aromatic carbocycles. The molecule has 0 fully saturated rings. The van der Waals surface area contributed by atoms with Crippen LogP contribution in [-0.2, 0) is 4.79 Å². The molecule has 2 aromatic rings. The molecule has 0 amide bonds. The van der Waals surface area contributed by atoms with E-state index in [0.717, 1.165) is 0 Å². The molecular weight excluding hydrogens is 345 g/mol. The Morgan fingerprint density at radius 2 is 1.83 bits per heavy atom. The number of non-ortho nitro benzene ring substituents is 1. The van der Waals surface area contributed by atoms with Gasteiger partial charge in [-0.25, -0.2) is 4.79 Å². The predicted octanol–water partition coefficient (Wildman–Crippen LogP) is 4.27. The zero-order valence-corrected chi connectivity index (χ0v) is 13.4. The lowest BCUT2D eigenvalue weighted by Crippen LogP contribution is -2.28. The van der Waals surface area contributed by atoms with Gasteiger partial charge >= 0.3 is 5.97 Å². The van der Waals surface area contributed by atoms with Crippen LogP contribution in [0.3, 0.4) is 0 Å². The number of hydrogen-bond acceptors (Lipinski definition) is 5. The number of rotatable bonds is 5. The van der Waals surface area contributed by atoms with E-state index < -0.39 is 17.0 Å². The van der Waals surface area contributed by atoms with Crippen LogP contribution in [0.5, 0.6) is 11.5 Å². The van der Waals surface area contributed by atoms with Crippen molar-refractivity contribution in [2.24, 2.45) is 0 Å². The molecule has 0 heterocycles. The van der Waals surface area contributed by atoms with Crippen LogP contribution in [0, 0.1) is 10.1 Å². The molecule has 1 atom stereocenters. The van der Waals surface area contributed by atoms with Gasteiger partial charge in [0.05, 0.1) is 9.95 Å². The summed E-state index contributed by atoms with van der Waals surface area (Å²) in [6, 6.07) is 9.76. The van der Waals surface area contributed by atoms with E-state index in [9.17, 15) is 14.9 Å². The van der Waals surface area contributed by atoms with Gasteiger partial charge in [-0.1, -0.05) is 23.2 Å². The Balaban J connectivity index is 2.00. The molecule has 0 saturated heterocycles. The molecule has 0 aliphatic rings. The first-order valence-electron chi connectivity index (χ1n) is 6.44. The van der Waals surface area contributed by atoms with Crippen molar-refractivity contribution in [1.29, 1.82) is 0 Å². The summed E-state index contributed by atoms with van der Waals surface area (Å²) in [7, 11) is 0. The lowest BCUT2D eigenvalue weighted by atomic mass is 10.3. The number of esters is 1. The Kier molecular flexibility index (Phi) is 5.41. The fourth-order valence-electron chi connectivity index (χ4n) is 1.64. The number of nitro benzene ring substituents is 1. The quantitative estimate of drug-likeness (QED) is 0.346. The van der Waals surface area contributed by atoms with E-state index >= 15 is 0 Å². The van der Waals surface area contributed by atoms with E-state index in [2.05, 4.69) is 0 Å². The highest BCUT2D eigenvalue weighted by atomic mass is 35.5. The first kappa shape index (κ1) is 17.1. The maximum Gasteiger partial charge on any atom is 0.352 e. The molecule has 0 aliphatic heterocycles. The molecule has 0 N–H and O–H groups in total. The van der Waals surface area contributed by atoms with Crippen molar-refractivity contribution in [3.05, 3.63) is 62.6 Å². The molecule has 0 aliphatic carbocycles. The van der Waals surface area contributed by atoms with Gasteiger partial charge in [0, 0.05) is 17.2 Å². The Bertz CT molecular complexity index is 733. The van der Waals surface area contributed by atoms with Gasteiger partial charge in [0.1, 0.15) is 11.5 Å². The second-order valence-corrected chi connectivity index (χ2v) is 5.35. The maximum atomic E-state index is 12.0. The Labute approximate surface area is 141 Å². The number of hydrogen-bond donors (Lipinski definition) is 0. The summed E-state index contributed by atoms with van der Waals surface area (Å²) >= 11 is 11.7. The van der Waals surface area contributed by atoms with Gasteiger partial charge < -0.3 is 9.47 Å². The molecule has 1 unspecified atom stereocenters. The Morgan fingerprint density at radius 1 is 1.17 bits per heavy atom. The van der Waals surface area contributed by atoms with Gasteiger partial charge in [-0.2, -0.15) is 0 Å². The molecule has 0 bridgehead atoms. The molecule has 23 heavy (non-hydrogen) atoms. The Morgan fingerprint density at radius 3 is 2.39 bits per heavy atom. The van der Waals surface area contributed by atoms with E-state index in [1.807, 2.05) is 0 Å². The van der Waals surface area contributed by atoms with Gasteiger partial charge in [0.15, 0.2) is 6.10 Å². The topological polar surface area (TPSA) is 78.7 Å². The number of ether oxygens (including phenoxy) is 2. The average molecular weight is 356 g/mol. The average Bonchev–Trinajstić information content (AvgIpc) is 2.50. The summed E-state index contributed by atoms with van der Waals surface area (Å²) in [6.07, 6.45) is -0.927. The molecule has 2 rings (SSSR count). The highest BCUT2D eigenvalue weighted by molar-refractivity contribution is 6.35. The summed E-state index contributed by atoms with van der Waals surface area (Å²) in [5, 5.41) is 11.3. The normalized spacial score (nSPS) is 11.6. The van der Waals surface area contributed by atoms with Crippen molar-refractivity contribution in [3.63, 3.8) is 0 Å². The fourth-order valence-corrected chi connectivity index (χ4v) is 2.10. The summed E-state index contributed by atoms with van der Waals surface area (Å²) in [5.74, 6) is -0.188. The smallest absolute Gasteiger partial charge is 0.352 e. The summed E-state index contributed by atoms with van der Waals surface area (Å²) < 4.78 is 10.5. The molecule has 120 valence electrons. The van der Waals surface area contributed by atoms with Crippen molar-refractivity contribution < 1.29 is 19.2 Å². The van der Waals surface area contributed by atoms with E-state index in [4.69, 9.17) is 32.7 Å². The molecular formula is C15H11Cl2NO5. The van der Waals surface area contributed by atoms with E-state index in [0.29, 0.717) is 10.8 Å². The zero-order chi connectivity index (χ0) is 17.0. The van der Waals surface area contributed by atoms with E-state index in [1.165, 1.54) is 37.3 Å². The Hall–Kier alpha value is -2.31. The highest BCUT2D eigenvalue weighted by Gasteiger charge is 2.19. The van der Waals surface area contributed by atoms with Crippen molar-refractivity contribution >= 4 is 34.9 Å². The van der Waals surface area contributed by atoms with Crippen LogP contribution in [0.4, 0.5) is 5.69 Å². The largest absolute Gasteiger partial charge is 0.477 e. The van der Waals surface area contributed by atoms with Crippen LogP contribution >= 0.6 is 23.2 Å². The number of halogens is 2. The number of nitro groups is 1. The van der Waals surface area contributed by atoms with E-state index in [-0.39, 0.29) is 16.5 Å². The van der Waals surface area contributed by atoms with Crippen LogP contribution in [-0.4, -0.2) is 17.0 Å². The minimum atomic E-state index is -0.927. The standard InChI is InChI=1S/C15H11Cl2NO5/c1-9(22-14-7-2-10(16)8-13(14)17)15(19)23-12-5-3-11(4-6-12)18(20)21/h2-9H,1H3. The molecule has 6 nitrogen and oxygen atoms in total. The second-order valence-electron chi connectivity index (χ2n) is 4.51. The number of benzene rings is 2. The van der Waals surface area contributed by atoms with Gasteiger partial charge in [0.25, 0.3) is 5.69 Å². The highest BCUT2D eigenvalue weighted by Crippen LogP contribution is 2.28. The van der Waals surface area contributed by atoms with Crippen LogP contribution in [0.1, 0.15) is 6.92 Å². The maximum absolute atomic E-state index is 12.0. The fraction of sp³-hybridized carbons (Fsp3) is 0.133. The number of nitrogens with zero attached hydrogens (tertiary/aromatic N) is 1. The minimum absolute atomic E-state index is 0.0953. The molecule has 0 radical (unpaired) electrons. The zero-order valence-electron chi connectivity index (χ0n) is 11.9. The van der Waals surface area contributed by atoms with Gasteiger partial charge in [-0.05, 0) is 37.3 Å². The van der Waals surface area contributed by atoms with Crippen LogP contribution in [0.25, 0.3) is 0 Å². The van der Waals surface area contributed by atoms with E-state index in [1.54, 1.807) is 12.1 Å². The van der Waals surface area contributed by atoms with Gasteiger partial charge in [-0.3, -0.25) is 10.1 Å². The molecule has 8 heteroatoms. The monoisotopic (exact) mass is 355 g/mol. The third kappa shape index (κ3) is 4.58. The van der Waals surface area contributed by atoms with Gasteiger partial charge in [0.2, 0.25) is 0 Å². The number of carbonyl (C=O) groups excluding carboxylic acids is 1. The lowest BCUT2D eigenvalue weighted by Gasteiger charge is -2.14. The van der Waals surface area contributed by atoms with Crippen LogP contribution in [0.15, 0.2) is 42.5 Å². The second kappa shape index (κ2) is 7.30. The first-order valence-corrected chi connectivity index (χ1v) is 7.20. The van der Waals surface area contributed by atoms with Gasteiger partial charge in [-0.15, -0.1) is 0 Å². The van der Waals surface area contributed by atoms with Crippen molar-refractivity contribution in [2.45, 2.75) is 13.0 Å². The molecule has 0 aromatic heterocycles. The minimum Gasteiger partial charge on any atom is -0.477 e. The SMILES string of the molecule is CC(Oc1ccc(Cl)cc1Cl)C(=O)Oc1ccc([N+](=O)[O-])cc1. The van der Waals surface area contributed by atoms with Crippen molar-refractivity contribution in [3.8, 4) is 11.5 Å². The van der Waals surface area contributed by atoms with Crippen LogP contribution < -0.4 is 9.47 Å². The van der Waals surface area contributed by atoms with Crippen LogP contribution in [0.2, 0.25) is 10.0 Å². The molecule has 0 spiro atoms. The molecule has 0 saturated carbocycles. The lowest BCUT2D eigenvalue weighted by molar-refractivity contribution is -0.384. The summed E-state index contributed by atoms with van der Waals surface area (Å²) in [6.45, 7) is 1.50. The number of carbonyl (C=O) groups is 1.